The van der Waals surface area contributed by atoms with Crippen molar-refractivity contribution in [1.29, 1.82) is 0 Å². The Morgan fingerprint density at radius 1 is 0.921 bits per heavy atom. The number of nitrogen functional groups attached to an aromatic ring is 2. The molecule has 2 aromatic rings. The van der Waals surface area contributed by atoms with Crippen molar-refractivity contribution in [3.05, 3.63) is 45.5 Å². The average Bonchev–Trinajstić information content (AvgIpc) is 3.28. The van der Waals surface area contributed by atoms with Crippen molar-refractivity contribution in [2.75, 3.05) is 24.7 Å². The molecule has 2 fully saturated rings. The maximum absolute atomic E-state index is 12.6. The molecule has 9 atom stereocenters. The lowest BCUT2D eigenvalue weighted by molar-refractivity contribution is -0.0614. The molecule has 38 heavy (non-hydrogen) atoms. The molecule has 0 spiro atoms. The molecule has 4 rings (SSSR count). The van der Waals surface area contributed by atoms with Gasteiger partial charge in [-0.25, -0.2) is 14.2 Å². The fourth-order valence-corrected chi connectivity index (χ4v) is 4.88. The predicted octanol–water partition coefficient (Wildman–Crippen LogP) is -3.80. The second kappa shape index (κ2) is 11.5. The van der Waals surface area contributed by atoms with Gasteiger partial charge in [0, 0.05) is 12.4 Å². The number of phosphoric ester groups is 1. The van der Waals surface area contributed by atoms with E-state index in [4.69, 9.17) is 30.0 Å². The zero-order chi connectivity index (χ0) is 27.1. The van der Waals surface area contributed by atoms with Crippen LogP contribution in [0, 0.1) is 0 Å². The molecule has 9 unspecified atom stereocenters. The summed E-state index contributed by atoms with van der Waals surface area (Å²) in [7, 11) is -5.02. The van der Waals surface area contributed by atoms with Crippen LogP contribution in [0.3, 0.4) is 0 Å². The van der Waals surface area contributed by atoms with E-state index in [0.717, 1.165) is 9.13 Å². The number of nitrogens with two attached hydrogens (primary N) is 2. The van der Waals surface area contributed by atoms with Gasteiger partial charge in [-0.3, -0.25) is 18.2 Å². The highest BCUT2D eigenvalue weighted by atomic mass is 31.2. The molecule has 2 aliphatic heterocycles. The van der Waals surface area contributed by atoms with E-state index in [2.05, 4.69) is 9.97 Å². The van der Waals surface area contributed by atoms with Gasteiger partial charge in [-0.15, -0.1) is 0 Å². The predicted molar refractivity (Wildman–Crippen MR) is 124 cm³/mol. The normalized spacial score (nSPS) is 32.6. The number of nitrogens with zero attached hydrogens (tertiary/aromatic N) is 4. The van der Waals surface area contributed by atoms with Crippen LogP contribution in [0.1, 0.15) is 12.5 Å². The number of phosphoric acid groups is 1. The summed E-state index contributed by atoms with van der Waals surface area (Å²) < 4.78 is 35.0. The van der Waals surface area contributed by atoms with E-state index in [9.17, 15) is 39.5 Å². The SMILES string of the molecule is N.Nc1ccn(C2OC(COP(=O)(O)OC3C(CO)OC(n4ccc(N)nc4=O)C3O)C(O)C2O)c(=O)n1. The molecule has 0 aromatic carbocycles. The van der Waals surface area contributed by atoms with Crippen LogP contribution in [0.25, 0.3) is 0 Å². The van der Waals surface area contributed by atoms with Crippen LogP contribution in [-0.4, -0.2) is 94.3 Å². The molecule has 212 valence electrons. The lowest BCUT2D eigenvalue weighted by Crippen LogP contribution is -2.38. The van der Waals surface area contributed by atoms with Crippen molar-refractivity contribution in [2.45, 2.75) is 49.1 Å². The number of hydrogen-bond acceptors (Lipinski definition) is 16. The van der Waals surface area contributed by atoms with E-state index in [0.29, 0.717) is 0 Å². The molecule has 0 aliphatic carbocycles. The van der Waals surface area contributed by atoms with Crippen LogP contribution in [0.2, 0.25) is 0 Å². The van der Waals surface area contributed by atoms with Gasteiger partial charge in [-0.1, -0.05) is 0 Å². The minimum Gasteiger partial charge on any atom is -0.394 e. The third-order valence-corrected chi connectivity index (χ3v) is 6.72. The topological polar surface area (TPSA) is 312 Å². The van der Waals surface area contributed by atoms with Crippen molar-refractivity contribution >= 4 is 19.5 Å². The number of anilines is 2. The van der Waals surface area contributed by atoms with E-state index in [1.165, 1.54) is 24.5 Å². The van der Waals surface area contributed by atoms with Crippen LogP contribution in [-0.2, 0) is 23.1 Å². The summed E-state index contributed by atoms with van der Waals surface area (Å²) in [6, 6.07) is 2.51. The van der Waals surface area contributed by atoms with Gasteiger partial charge in [-0.05, 0) is 12.1 Å². The highest BCUT2D eigenvalue weighted by molar-refractivity contribution is 7.47. The van der Waals surface area contributed by atoms with E-state index >= 15 is 0 Å². The lowest BCUT2D eigenvalue weighted by Gasteiger charge is -2.23. The monoisotopic (exact) mass is 565 g/mol. The van der Waals surface area contributed by atoms with Crippen molar-refractivity contribution in [1.82, 2.24) is 25.3 Å². The van der Waals surface area contributed by atoms with Crippen LogP contribution in [0.15, 0.2) is 34.1 Å². The Morgan fingerprint density at radius 2 is 1.42 bits per heavy atom. The molecule has 20 heteroatoms. The standard InChI is InChI=1S/C18H25N6O12P.H3N/c19-9-1-3-23(17(29)21-9)15-12(27)11(26)8(35-15)6-33-37(31,32)36-14-7(5-25)34-16(13(14)28)24-4-2-10(20)22-18(24)30;/h1-4,7-8,11-16,25-28H,5-6H2,(H,31,32)(H2,19,21,29)(H2,20,22,30);1H3. The number of hydrogen-bond donors (Lipinski definition) is 8. The average molecular weight is 565 g/mol. The largest absolute Gasteiger partial charge is 0.472 e. The highest BCUT2D eigenvalue weighted by Crippen LogP contribution is 2.49. The third kappa shape index (κ3) is 5.92. The maximum atomic E-state index is 12.6. The second-order valence-corrected chi connectivity index (χ2v) is 9.61. The molecule has 4 heterocycles. The number of aromatic nitrogens is 4. The molecule has 2 saturated heterocycles. The van der Waals surface area contributed by atoms with Crippen LogP contribution < -0.4 is 29.0 Å². The fraction of sp³-hybridized carbons (Fsp3) is 0.556. The molecule has 2 aromatic heterocycles. The first-order chi connectivity index (χ1) is 17.4. The zero-order valence-corrected chi connectivity index (χ0v) is 20.4. The minimum atomic E-state index is -5.02. The van der Waals surface area contributed by atoms with E-state index in [-0.39, 0.29) is 17.8 Å². The molecule has 0 amide bonds. The van der Waals surface area contributed by atoms with E-state index in [1.54, 1.807) is 0 Å². The van der Waals surface area contributed by atoms with Gasteiger partial charge in [0.15, 0.2) is 12.5 Å². The Kier molecular flexibility index (Phi) is 9.01. The summed E-state index contributed by atoms with van der Waals surface area (Å²) in [5, 5.41) is 40.8. The first-order valence-corrected chi connectivity index (χ1v) is 12.2. The lowest BCUT2D eigenvalue weighted by atomic mass is 10.1. The Morgan fingerprint density at radius 3 is 1.92 bits per heavy atom. The van der Waals surface area contributed by atoms with Gasteiger partial charge < -0.3 is 52.4 Å². The molecular weight excluding hydrogens is 537 g/mol. The molecule has 0 radical (unpaired) electrons. The van der Waals surface area contributed by atoms with Crippen LogP contribution in [0.5, 0.6) is 0 Å². The number of aliphatic hydroxyl groups is 4. The van der Waals surface area contributed by atoms with E-state index in [1.807, 2.05) is 0 Å². The highest BCUT2D eigenvalue weighted by Gasteiger charge is 2.50. The number of aliphatic hydroxyl groups excluding tert-OH is 4. The van der Waals surface area contributed by atoms with Gasteiger partial charge in [0.25, 0.3) is 0 Å². The first kappa shape index (κ1) is 29.7. The van der Waals surface area contributed by atoms with Crippen molar-refractivity contribution in [3.63, 3.8) is 0 Å². The van der Waals surface area contributed by atoms with Gasteiger partial charge in [0.05, 0.1) is 13.2 Å². The first-order valence-electron chi connectivity index (χ1n) is 10.7. The Hall–Kier alpha value is -2.81. The molecule has 12 N–H and O–H groups in total. The Balaban J connectivity index is 0.00000400. The van der Waals surface area contributed by atoms with Crippen molar-refractivity contribution in [3.8, 4) is 0 Å². The summed E-state index contributed by atoms with van der Waals surface area (Å²) >= 11 is 0. The van der Waals surface area contributed by atoms with Gasteiger partial charge in [0.2, 0.25) is 0 Å². The molecule has 19 nitrogen and oxygen atoms in total. The fourth-order valence-electron chi connectivity index (χ4n) is 3.91. The van der Waals surface area contributed by atoms with Crippen LogP contribution in [0.4, 0.5) is 11.6 Å². The summed E-state index contributed by atoms with van der Waals surface area (Å²) in [6.45, 7) is -1.56. The Labute approximate surface area is 213 Å². The summed E-state index contributed by atoms with van der Waals surface area (Å²) in [5.41, 5.74) is 9.10. The maximum Gasteiger partial charge on any atom is 0.472 e. The zero-order valence-electron chi connectivity index (χ0n) is 19.5. The minimum absolute atomic E-state index is 0. The van der Waals surface area contributed by atoms with E-state index < -0.39 is 81.5 Å². The summed E-state index contributed by atoms with van der Waals surface area (Å²) in [5.74, 6) is -0.165. The summed E-state index contributed by atoms with van der Waals surface area (Å²) in [6.07, 6.45) is -9.86. The summed E-state index contributed by atoms with van der Waals surface area (Å²) in [4.78, 5) is 41.3. The van der Waals surface area contributed by atoms with Crippen molar-refractivity contribution in [2.24, 2.45) is 0 Å². The van der Waals surface area contributed by atoms with Gasteiger partial charge in [0.1, 0.15) is 48.3 Å². The van der Waals surface area contributed by atoms with Gasteiger partial charge in [-0.2, -0.15) is 9.97 Å². The second-order valence-electron chi connectivity index (χ2n) is 8.20. The van der Waals surface area contributed by atoms with Gasteiger partial charge >= 0.3 is 19.2 Å². The molecule has 0 bridgehead atoms. The molecular formula is C18H28N7O12P. The smallest absolute Gasteiger partial charge is 0.394 e. The van der Waals surface area contributed by atoms with Crippen molar-refractivity contribution < 1.29 is 48.4 Å². The van der Waals surface area contributed by atoms with Crippen LogP contribution >= 0.6 is 7.82 Å². The third-order valence-electron chi connectivity index (χ3n) is 5.73. The molecule has 0 saturated carbocycles. The Bertz CT molecular complexity index is 1290. The number of rotatable bonds is 8. The number of ether oxygens (including phenoxy) is 2. The molecule has 2 aliphatic rings. The quantitative estimate of drug-likeness (QED) is 0.142.